The van der Waals surface area contributed by atoms with Crippen molar-refractivity contribution in [3.8, 4) is 0 Å². The Hall–Kier alpha value is -2.11. The van der Waals surface area contributed by atoms with E-state index in [9.17, 15) is 14.0 Å². The van der Waals surface area contributed by atoms with Gasteiger partial charge in [-0.15, -0.1) is 0 Å². The van der Waals surface area contributed by atoms with Gasteiger partial charge in [-0.25, -0.2) is 14.0 Å². The van der Waals surface area contributed by atoms with Crippen molar-refractivity contribution >= 4 is 17.7 Å². The van der Waals surface area contributed by atoms with E-state index in [1.54, 1.807) is 0 Å². The van der Waals surface area contributed by atoms with E-state index in [0.29, 0.717) is 18.4 Å². The number of rotatable bonds is 4. The number of carboxylic acid groups (broad SMARTS) is 1. The number of carbonyl (C=O) groups is 2. The number of urea groups is 1. The molecule has 2 amide bonds. The standard InChI is InChI=1S/C15H19FN2O3/c1-9-2-3-10(6-9)8-17-15(21)18-11-4-5-13(16)12(7-11)14(19)20/h4-5,7,9-10H,2-3,6,8H2,1H3,(H,19,20)(H2,17,18,21). The summed E-state index contributed by atoms with van der Waals surface area (Å²) in [4.78, 5) is 22.6. The molecule has 2 unspecified atom stereocenters. The summed E-state index contributed by atoms with van der Waals surface area (Å²) in [6.45, 7) is 2.80. The Labute approximate surface area is 122 Å². The molecule has 2 atom stereocenters. The van der Waals surface area contributed by atoms with E-state index in [1.165, 1.54) is 12.5 Å². The molecule has 0 heterocycles. The van der Waals surface area contributed by atoms with Gasteiger partial charge >= 0.3 is 12.0 Å². The molecule has 0 saturated heterocycles. The quantitative estimate of drug-likeness (QED) is 0.798. The third-order valence-corrected chi connectivity index (χ3v) is 3.81. The lowest BCUT2D eigenvalue weighted by Gasteiger charge is -2.12. The molecular weight excluding hydrogens is 275 g/mol. The molecule has 0 aliphatic heterocycles. The van der Waals surface area contributed by atoms with Crippen LogP contribution in [0.1, 0.15) is 36.5 Å². The van der Waals surface area contributed by atoms with E-state index in [4.69, 9.17) is 5.11 Å². The molecule has 0 radical (unpaired) electrons. The lowest BCUT2D eigenvalue weighted by Crippen LogP contribution is -2.32. The van der Waals surface area contributed by atoms with Gasteiger partial charge in [-0.05, 0) is 42.9 Å². The van der Waals surface area contributed by atoms with Crippen LogP contribution in [0.2, 0.25) is 0 Å². The molecule has 21 heavy (non-hydrogen) atoms. The smallest absolute Gasteiger partial charge is 0.338 e. The van der Waals surface area contributed by atoms with Crippen LogP contribution in [0.4, 0.5) is 14.9 Å². The summed E-state index contributed by atoms with van der Waals surface area (Å²) in [5.74, 6) is -0.992. The van der Waals surface area contributed by atoms with Crippen LogP contribution in [0.5, 0.6) is 0 Å². The first-order valence-electron chi connectivity index (χ1n) is 7.03. The number of anilines is 1. The molecular formula is C15H19FN2O3. The first-order chi connectivity index (χ1) is 9.95. The predicted molar refractivity (Wildman–Crippen MR) is 76.9 cm³/mol. The van der Waals surface area contributed by atoms with Crippen LogP contribution >= 0.6 is 0 Å². The van der Waals surface area contributed by atoms with E-state index in [0.717, 1.165) is 25.0 Å². The number of hydrogen-bond acceptors (Lipinski definition) is 2. The second-order valence-electron chi connectivity index (χ2n) is 5.62. The Balaban J connectivity index is 1.87. The van der Waals surface area contributed by atoms with Crippen molar-refractivity contribution in [1.82, 2.24) is 5.32 Å². The number of carbonyl (C=O) groups excluding carboxylic acids is 1. The highest BCUT2D eigenvalue weighted by Gasteiger charge is 2.21. The van der Waals surface area contributed by atoms with Crippen LogP contribution < -0.4 is 10.6 Å². The highest BCUT2D eigenvalue weighted by Crippen LogP contribution is 2.29. The van der Waals surface area contributed by atoms with Crippen LogP contribution in [-0.4, -0.2) is 23.7 Å². The van der Waals surface area contributed by atoms with E-state index in [-0.39, 0.29) is 5.69 Å². The van der Waals surface area contributed by atoms with Gasteiger partial charge in [-0.2, -0.15) is 0 Å². The predicted octanol–water partition coefficient (Wildman–Crippen LogP) is 3.08. The Bertz CT molecular complexity index is 548. The maximum atomic E-state index is 13.2. The maximum Gasteiger partial charge on any atom is 0.338 e. The maximum absolute atomic E-state index is 13.2. The van der Waals surface area contributed by atoms with Crippen molar-refractivity contribution in [3.63, 3.8) is 0 Å². The minimum absolute atomic E-state index is 0.256. The van der Waals surface area contributed by atoms with E-state index in [1.807, 2.05) is 0 Å². The van der Waals surface area contributed by atoms with E-state index in [2.05, 4.69) is 17.6 Å². The molecule has 2 rings (SSSR count). The molecule has 5 nitrogen and oxygen atoms in total. The molecule has 1 aliphatic carbocycles. The number of benzene rings is 1. The highest BCUT2D eigenvalue weighted by molar-refractivity contribution is 5.93. The Kier molecular flexibility index (Phi) is 4.77. The van der Waals surface area contributed by atoms with Crippen molar-refractivity contribution < 1.29 is 19.1 Å². The third-order valence-electron chi connectivity index (χ3n) is 3.81. The van der Waals surface area contributed by atoms with Gasteiger partial charge in [0.2, 0.25) is 0 Å². The number of hydrogen-bond donors (Lipinski definition) is 3. The second kappa shape index (κ2) is 6.56. The summed E-state index contributed by atoms with van der Waals surface area (Å²) in [6, 6.07) is 3.06. The normalized spacial score (nSPS) is 21.0. The van der Waals surface area contributed by atoms with Gasteiger partial charge in [-0.3, -0.25) is 0 Å². The Morgan fingerprint density at radius 2 is 2.14 bits per heavy atom. The molecule has 1 fully saturated rings. The molecule has 114 valence electrons. The summed E-state index contributed by atoms with van der Waals surface area (Å²) in [7, 11) is 0. The zero-order chi connectivity index (χ0) is 15.4. The SMILES string of the molecule is CC1CCC(CNC(=O)Nc2ccc(F)c(C(=O)O)c2)C1. The number of amides is 2. The minimum atomic E-state index is -1.36. The first kappa shape index (κ1) is 15.3. The molecule has 0 aromatic heterocycles. The average Bonchev–Trinajstić information content (AvgIpc) is 2.84. The van der Waals surface area contributed by atoms with Crippen molar-refractivity contribution in [2.24, 2.45) is 11.8 Å². The van der Waals surface area contributed by atoms with Crippen LogP contribution in [0, 0.1) is 17.7 Å². The minimum Gasteiger partial charge on any atom is -0.478 e. The average molecular weight is 294 g/mol. The van der Waals surface area contributed by atoms with Crippen molar-refractivity contribution in [1.29, 1.82) is 0 Å². The summed E-state index contributed by atoms with van der Waals surface area (Å²) >= 11 is 0. The zero-order valence-electron chi connectivity index (χ0n) is 11.9. The summed E-state index contributed by atoms with van der Waals surface area (Å²) in [5, 5.41) is 14.1. The number of halogens is 1. The van der Waals surface area contributed by atoms with Gasteiger partial charge in [0.25, 0.3) is 0 Å². The molecule has 0 bridgehead atoms. The van der Waals surface area contributed by atoms with E-state index >= 15 is 0 Å². The van der Waals surface area contributed by atoms with Gasteiger partial charge in [0.1, 0.15) is 5.82 Å². The number of nitrogens with one attached hydrogen (secondary N) is 2. The third kappa shape index (κ3) is 4.18. The van der Waals surface area contributed by atoms with Crippen LogP contribution in [0.3, 0.4) is 0 Å². The molecule has 1 aliphatic rings. The van der Waals surface area contributed by atoms with Crippen molar-refractivity contribution in [2.45, 2.75) is 26.2 Å². The van der Waals surface area contributed by atoms with Gasteiger partial charge in [0.15, 0.2) is 0 Å². The van der Waals surface area contributed by atoms with Crippen molar-refractivity contribution in [2.75, 3.05) is 11.9 Å². The first-order valence-corrected chi connectivity index (χ1v) is 7.03. The molecule has 0 spiro atoms. The van der Waals surface area contributed by atoms with Gasteiger partial charge in [-0.1, -0.05) is 13.3 Å². The van der Waals surface area contributed by atoms with Crippen LogP contribution in [-0.2, 0) is 0 Å². The fourth-order valence-corrected chi connectivity index (χ4v) is 2.69. The number of aromatic carboxylic acids is 1. The lowest BCUT2D eigenvalue weighted by molar-refractivity contribution is 0.0692. The van der Waals surface area contributed by atoms with E-state index < -0.39 is 23.4 Å². The summed E-state index contributed by atoms with van der Waals surface area (Å²) in [5.41, 5.74) is -0.205. The fraction of sp³-hybridized carbons (Fsp3) is 0.467. The highest BCUT2D eigenvalue weighted by atomic mass is 19.1. The molecule has 6 heteroatoms. The summed E-state index contributed by atoms with van der Waals surface area (Å²) in [6.07, 6.45) is 3.41. The van der Waals surface area contributed by atoms with Crippen molar-refractivity contribution in [3.05, 3.63) is 29.6 Å². The fourth-order valence-electron chi connectivity index (χ4n) is 2.69. The van der Waals surface area contributed by atoms with Crippen LogP contribution in [0.25, 0.3) is 0 Å². The zero-order valence-corrected chi connectivity index (χ0v) is 11.9. The van der Waals surface area contributed by atoms with Gasteiger partial charge in [0, 0.05) is 12.2 Å². The molecule has 1 aromatic rings. The number of carboxylic acids is 1. The van der Waals surface area contributed by atoms with Gasteiger partial charge in [0.05, 0.1) is 5.56 Å². The largest absolute Gasteiger partial charge is 0.478 e. The van der Waals surface area contributed by atoms with Crippen LogP contribution in [0.15, 0.2) is 18.2 Å². The topological polar surface area (TPSA) is 78.4 Å². The Morgan fingerprint density at radius 1 is 1.38 bits per heavy atom. The molecule has 3 N–H and O–H groups in total. The molecule has 1 saturated carbocycles. The van der Waals surface area contributed by atoms with Gasteiger partial charge < -0.3 is 15.7 Å². The second-order valence-corrected chi connectivity index (χ2v) is 5.62. The molecule has 1 aromatic carbocycles. The summed E-state index contributed by atoms with van der Waals surface area (Å²) < 4.78 is 13.2. The Morgan fingerprint density at radius 3 is 2.76 bits per heavy atom. The lowest BCUT2D eigenvalue weighted by atomic mass is 10.1. The monoisotopic (exact) mass is 294 g/mol.